The molecule has 1 heterocycles. The van der Waals surface area contributed by atoms with E-state index in [1.54, 1.807) is 12.1 Å². The summed E-state index contributed by atoms with van der Waals surface area (Å²) in [6, 6.07) is 12.3. The highest BCUT2D eigenvalue weighted by Gasteiger charge is 2.18. The van der Waals surface area contributed by atoms with E-state index in [0.717, 1.165) is 10.0 Å². The summed E-state index contributed by atoms with van der Waals surface area (Å²) in [6.07, 6.45) is 0. The number of hydrogen-bond donors (Lipinski definition) is 2. The standard InChI is InChI=1S/C15H10BrClFN3/c16-9-4-1-3-8(7-9)12-14(20-21-15(12)19)10-5-2-6-11(18)13(10)17/h1-7H,(H3,19,20,21). The zero-order valence-corrected chi connectivity index (χ0v) is 13.0. The molecule has 3 N–H and O–H groups in total. The van der Waals surface area contributed by atoms with Gasteiger partial charge in [-0.1, -0.05) is 51.8 Å². The molecule has 0 aliphatic carbocycles. The fourth-order valence-corrected chi connectivity index (χ4v) is 2.80. The molecule has 0 fully saturated rings. The number of aromatic nitrogens is 2. The van der Waals surface area contributed by atoms with Gasteiger partial charge in [0.05, 0.1) is 16.3 Å². The topological polar surface area (TPSA) is 54.7 Å². The number of hydrogen-bond acceptors (Lipinski definition) is 2. The van der Waals surface area contributed by atoms with E-state index in [4.69, 9.17) is 17.3 Å². The molecule has 0 amide bonds. The van der Waals surface area contributed by atoms with Crippen molar-refractivity contribution in [2.24, 2.45) is 0 Å². The molecule has 0 aliphatic rings. The van der Waals surface area contributed by atoms with Crippen LogP contribution < -0.4 is 5.73 Å². The highest BCUT2D eigenvalue weighted by Crippen LogP contribution is 2.39. The molecule has 2 aromatic carbocycles. The predicted molar refractivity (Wildman–Crippen MR) is 86.5 cm³/mol. The van der Waals surface area contributed by atoms with Gasteiger partial charge in [0.15, 0.2) is 5.82 Å². The van der Waals surface area contributed by atoms with Crippen molar-refractivity contribution in [3.05, 3.63) is 57.8 Å². The van der Waals surface area contributed by atoms with Gasteiger partial charge in [0.1, 0.15) is 5.82 Å². The first-order valence-electron chi connectivity index (χ1n) is 6.12. The third-order valence-corrected chi connectivity index (χ3v) is 4.01. The predicted octanol–water partition coefficient (Wildman–Crippen LogP) is 4.88. The first-order chi connectivity index (χ1) is 10.1. The first-order valence-corrected chi connectivity index (χ1v) is 7.29. The molecule has 21 heavy (non-hydrogen) atoms. The summed E-state index contributed by atoms with van der Waals surface area (Å²) < 4.78 is 14.6. The lowest BCUT2D eigenvalue weighted by molar-refractivity contribution is 0.628. The van der Waals surface area contributed by atoms with E-state index in [-0.39, 0.29) is 5.02 Å². The minimum atomic E-state index is -0.484. The summed E-state index contributed by atoms with van der Waals surface area (Å²) in [5.74, 6) is -0.147. The molecule has 0 radical (unpaired) electrons. The molecule has 6 heteroatoms. The Morgan fingerprint density at radius 3 is 2.71 bits per heavy atom. The van der Waals surface area contributed by atoms with Gasteiger partial charge < -0.3 is 5.73 Å². The molecule has 1 aromatic heterocycles. The van der Waals surface area contributed by atoms with Crippen molar-refractivity contribution in [3.63, 3.8) is 0 Å². The Bertz CT molecular complexity index is 816. The molecular formula is C15H10BrClFN3. The van der Waals surface area contributed by atoms with Crippen LogP contribution in [0.5, 0.6) is 0 Å². The van der Waals surface area contributed by atoms with E-state index >= 15 is 0 Å². The second-order valence-corrected chi connectivity index (χ2v) is 5.76. The smallest absolute Gasteiger partial charge is 0.153 e. The van der Waals surface area contributed by atoms with Crippen LogP contribution in [0, 0.1) is 5.82 Å². The van der Waals surface area contributed by atoms with Crippen LogP contribution in [-0.2, 0) is 0 Å². The van der Waals surface area contributed by atoms with E-state index in [2.05, 4.69) is 26.1 Å². The van der Waals surface area contributed by atoms with Crippen LogP contribution in [0.15, 0.2) is 46.9 Å². The van der Waals surface area contributed by atoms with Gasteiger partial charge in [-0.15, -0.1) is 0 Å². The van der Waals surface area contributed by atoms with Crippen LogP contribution in [0.2, 0.25) is 5.02 Å². The van der Waals surface area contributed by atoms with Crippen molar-refractivity contribution < 1.29 is 4.39 Å². The van der Waals surface area contributed by atoms with Gasteiger partial charge in [0.2, 0.25) is 0 Å². The van der Waals surface area contributed by atoms with Crippen molar-refractivity contribution in [2.45, 2.75) is 0 Å². The maximum Gasteiger partial charge on any atom is 0.153 e. The molecule has 0 unspecified atom stereocenters. The minimum Gasteiger partial charge on any atom is -0.382 e. The number of halogens is 3. The molecule has 3 nitrogen and oxygen atoms in total. The number of benzene rings is 2. The summed E-state index contributed by atoms with van der Waals surface area (Å²) >= 11 is 9.48. The molecule has 3 rings (SSSR count). The number of aromatic amines is 1. The van der Waals surface area contributed by atoms with E-state index < -0.39 is 5.82 Å². The van der Waals surface area contributed by atoms with E-state index in [1.807, 2.05) is 24.3 Å². The number of nitrogen functional groups attached to an aromatic ring is 1. The second-order valence-electron chi connectivity index (χ2n) is 4.47. The van der Waals surface area contributed by atoms with Crippen molar-refractivity contribution in [2.75, 3.05) is 5.73 Å². The molecule has 0 aliphatic heterocycles. The highest BCUT2D eigenvalue weighted by molar-refractivity contribution is 9.10. The average molecular weight is 367 g/mol. The van der Waals surface area contributed by atoms with Crippen LogP contribution in [0.25, 0.3) is 22.4 Å². The average Bonchev–Trinajstić information content (AvgIpc) is 2.83. The third-order valence-electron chi connectivity index (χ3n) is 3.13. The number of nitrogens with zero attached hydrogens (tertiary/aromatic N) is 1. The maximum atomic E-state index is 13.7. The Balaban J connectivity index is 2.24. The van der Waals surface area contributed by atoms with Gasteiger partial charge in [-0.3, -0.25) is 5.10 Å². The van der Waals surface area contributed by atoms with Gasteiger partial charge in [-0.2, -0.15) is 5.10 Å². The number of nitrogens with two attached hydrogens (primary N) is 1. The van der Waals surface area contributed by atoms with Gasteiger partial charge in [-0.25, -0.2) is 4.39 Å². The number of H-pyrrole nitrogens is 1. The Morgan fingerprint density at radius 2 is 1.95 bits per heavy atom. The molecule has 0 spiro atoms. The van der Waals surface area contributed by atoms with E-state index in [1.165, 1.54) is 6.07 Å². The Labute approximate surface area is 134 Å². The molecule has 3 aromatic rings. The zero-order valence-electron chi connectivity index (χ0n) is 10.7. The monoisotopic (exact) mass is 365 g/mol. The lowest BCUT2D eigenvalue weighted by Gasteiger charge is -2.07. The van der Waals surface area contributed by atoms with Gasteiger partial charge in [0.25, 0.3) is 0 Å². The Morgan fingerprint density at radius 1 is 1.19 bits per heavy atom. The number of rotatable bonds is 2. The Hall–Kier alpha value is -1.85. The van der Waals surface area contributed by atoms with Gasteiger partial charge >= 0.3 is 0 Å². The van der Waals surface area contributed by atoms with Crippen LogP contribution in [0.1, 0.15) is 0 Å². The van der Waals surface area contributed by atoms with Crippen molar-refractivity contribution >= 4 is 33.3 Å². The van der Waals surface area contributed by atoms with Gasteiger partial charge in [-0.05, 0) is 23.8 Å². The molecular weight excluding hydrogens is 357 g/mol. The van der Waals surface area contributed by atoms with Crippen LogP contribution in [-0.4, -0.2) is 10.2 Å². The normalized spacial score (nSPS) is 10.8. The van der Waals surface area contributed by atoms with Crippen LogP contribution >= 0.6 is 27.5 Å². The van der Waals surface area contributed by atoms with Crippen LogP contribution in [0.4, 0.5) is 10.2 Å². The van der Waals surface area contributed by atoms with Crippen molar-refractivity contribution in [1.82, 2.24) is 10.2 Å². The maximum absolute atomic E-state index is 13.7. The second kappa shape index (κ2) is 5.50. The highest BCUT2D eigenvalue weighted by atomic mass is 79.9. The zero-order chi connectivity index (χ0) is 15.0. The largest absolute Gasteiger partial charge is 0.382 e. The molecule has 0 saturated heterocycles. The summed E-state index contributed by atoms with van der Waals surface area (Å²) in [6.45, 7) is 0. The summed E-state index contributed by atoms with van der Waals surface area (Å²) in [5.41, 5.74) is 8.64. The lowest BCUT2D eigenvalue weighted by atomic mass is 10.0. The van der Waals surface area contributed by atoms with Gasteiger partial charge in [0, 0.05) is 10.0 Å². The third kappa shape index (κ3) is 2.54. The van der Waals surface area contributed by atoms with E-state index in [9.17, 15) is 4.39 Å². The molecule has 0 bridgehead atoms. The minimum absolute atomic E-state index is 0.0393. The SMILES string of the molecule is Nc1n[nH]c(-c2cccc(F)c2Cl)c1-c1cccc(Br)c1. The summed E-state index contributed by atoms with van der Waals surface area (Å²) in [5, 5.41) is 6.90. The van der Waals surface area contributed by atoms with E-state index in [0.29, 0.717) is 22.6 Å². The van der Waals surface area contributed by atoms with Crippen molar-refractivity contribution in [3.8, 4) is 22.4 Å². The molecule has 0 atom stereocenters. The Kier molecular flexibility index (Phi) is 3.69. The summed E-state index contributed by atoms with van der Waals surface area (Å²) in [4.78, 5) is 0. The van der Waals surface area contributed by atoms with Crippen molar-refractivity contribution in [1.29, 1.82) is 0 Å². The first kappa shape index (κ1) is 14.1. The van der Waals surface area contributed by atoms with Crippen LogP contribution in [0.3, 0.4) is 0 Å². The lowest BCUT2D eigenvalue weighted by Crippen LogP contribution is -1.90. The molecule has 106 valence electrons. The number of nitrogens with one attached hydrogen (secondary N) is 1. The number of anilines is 1. The fraction of sp³-hybridized carbons (Fsp3) is 0. The summed E-state index contributed by atoms with van der Waals surface area (Å²) in [7, 11) is 0. The quantitative estimate of drug-likeness (QED) is 0.679. The fourth-order valence-electron chi connectivity index (χ4n) is 2.18. The molecule has 0 saturated carbocycles.